The van der Waals surface area contributed by atoms with E-state index in [9.17, 15) is 9.59 Å². The lowest BCUT2D eigenvalue weighted by Crippen LogP contribution is -2.29. The number of imidazole rings is 1. The average Bonchev–Trinajstić information content (AvgIpc) is 3.54. The smallest absolute Gasteiger partial charge is 0.256 e. The van der Waals surface area contributed by atoms with Crippen LogP contribution in [0.2, 0.25) is 0 Å². The lowest BCUT2D eigenvalue weighted by molar-refractivity contribution is -0.127. The van der Waals surface area contributed by atoms with Crippen LogP contribution in [0.1, 0.15) is 46.3 Å². The summed E-state index contributed by atoms with van der Waals surface area (Å²) in [4.78, 5) is 40.5. The number of rotatable bonds is 5. The third-order valence-electron chi connectivity index (χ3n) is 6.32. The SMILES string of the molecule is C=CC(=O)N1CCC[C@H]1c1nc(-c2ccc(C(=O)Nc3cc(C#N)ccn3)cc2)c2c(C)nccn12. The van der Waals surface area contributed by atoms with E-state index in [4.69, 9.17) is 10.2 Å². The van der Waals surface area contributed by atoms with Crippen LogP contribution in [0, 0.1) is 18.3 Å². The Labute approximate surface area is 207 Å². The molecule has 0 saturated carbocycles. The maximum absolute atomic E-state index is 12.7. The molecule has 4 heterocycles. The standard InChI is InChI=1S/C27H23N7O2/c1-3-23(35)33-13-4-5-21(33)26-32-24(25-17(2)29-12-14-34(25)26)19-6-8-20(9-7-19)27(36)31-22-15-18(16-28)10-11-30-22/h3,6-12,14-15,21H,1,4-5,13H2,2H3,(H,30,31,36)/t21-/m0/s1. The number of likely N-dealkylation sites (tertiary alicyclic amines) is 1. The number of aromatic nitrogens is 4. The molecule has 4 aromatic rings. The van der Waals surface area contributed by atoms with Gasteiger partial charge in [-0.1, -0.05) is 18.7 Å². The molecule has 0 radical (unpaired) electrons. The molecule has 0 aliphatic carbocycles. The minimum absolute atomic E-state index is 0.105. The van der Waals surface area contributed by atoms with Crippen molar-refractivity contribution in [3.8, 4) is 17.3 Å². The molecule has 3 aromatic heterocycles. The monoisotopic (exact) mass is 477 g/mol. The van der Waals surface area contributed by atoms with E-state index in [1.165, 1.54) is 18.3 Å². The van der Waals surface area contributed by atoms with Crippen molar-refractivity contribution in [1.82, 2.24) is 24.3 Å². The van der Waals surface area contributed by atoms with Crippen molar-refractivity contribution in [1.29, 1.82) is 5.26 Å². The van der Waals surface area contributed by atoms with Crippen LogP contribution in [-0.4, -0.2) is 42.6 Å². The first-order valence-electron chi connectivity index (χ1n) is 11.5. The molecule has 0 bridgehead atoms. The molecule has 1 N–H and O–H groups in total. The zero-order valence-electron chi connectivity index (χ0n) is 19.7. The predicted octanol–water partition coefficient (Wildman–Crippen LogP) is 4.07. The zero-order valence-corrected chi connectivity index (χ0v) is 19.7. The van der Waals surface area contributed by atoms with E-state index in [2.05, 4.69) is 21.9 Å². The highest BCUT2D eigenvalue weighted by atomic mass is 16.2. The summed E-state index contributed by atoms with van der Waals surface area (Å²) in [7, 11) is 0. The predicted molar refractivity (Wildman–Crippen MR) is 134 cm³/mol. The van der Waals surface area contributed by atoms with Gasteiger partial charge in [0.25, 0.3) is 5.91 Å². The molecule has 5 rings (SSSR count). The number of carbonyl (C=O) groups excluding carboxylic acids is 2. The molecule has 0 spiro atoms. The molecule has 178 valence electrons. The van der Waals surface area contributed by atoms with E-state index >= 15 is 0 Å². The molecule has 9 heteroatoms. The van der Waals surface area contributed by atoms with Crippen LogP contribution in [0.4, 0.5) is 5.82 Å². The van der Waals surface area contributed by atoms with E-state index in [1.807, 2.05) is 40.6 Å². The number of nitrogens with one attached hydrogen (secondary N) is 1. The van der Waals surface area contributed by atoms with Gasteiger partial charge in [-0.25, -0.2) is 9.97 Å². The Morgan fingerprint density at radius 1 is 1.19 bits per heavy atom. The minimum Gasteiger partial charge on any atom is -0.329 e. The Morgan fingerprint density at radius 3 is 2.75 bits per heavy atom. The molecular weight excluding hydrogens is 454 g/mol. The van der Waals surface area contributed by atoms with Crippen LogP contribution in [0.25, 0.3) is 16.8 Å². The molecule has 2 amide bonds. The number of anilines is 1. The van der Waals surface area contributed by atoms with Gasteiger partial charge in [-0.05, 0) is 50.1 Å². The van der Waals surface area contributed by atoms with Crippen LogP contribution in [0.5, 0.6) is 0 Å². The van der Waals surface area contributed by atoms with Crippen LogP contribution >= 0.6 is 0 Å². The van der Waals surface area contributed by atoms with Gasteiger partial charge in [0.05, 0.1) is 34.6 Å². The number of nitrogens with zero attached hydrogens (tertiary/aromatic N) is 6. The second kappa shape index (κ2) is 9.43. The number of benzene rings is 1. The van der Waals surface area contributed by atoms with Crippen molar-refractivity contribution in [3.63, 3.8) is 0 Å². The van der Waals surface area contributed by atoms with Gasteiger partial charge in [-0.2, -0.15) is 5.26 Å². The quantitative estimate of drug-likeness (QED) is 0.433. The number of amides is 2. The Hall–Kier alpha value is -4.84. The van der Waals surface area contributed by atoms with Gasteiger partial charge in [0.15, 0.2) is 0 Å². The molecular formula is C27H23N7O2. The van der Waals surface area contributed by atoms with Crippen molar-refractivity contribution >= 4 is 23.1 Å². The normalized spacial score (nSPS) is 15.0. The highest BCUT2D eigenvalue weighted by molar-refractivity contribution is 6.04. The molecule has 1 fully saturated rings. The summed E-state index contributed by atoms with van der Waals surface area (Å²) in [5.74, 6) is 0.655. The third-order valence-corrected chi connectivity index (χ3v) is 6.32. The fourth-order valence-corrected chi connectivity index (χ4v) is 4.61. The summed E-state index contributed by atoms with van der Waals surface area (Å²) >= 11 is 0. The molecule has 9 nitrogen and oxygen atoms in total. The van der Waals surface area contributed by atoms with E-state index in [0.717, 1.165) is 41.1 Å². The first kappa shape index (κ1) is 22.9. The Kier molecular flexibility index (Phi) is 6.00. The number of hydrogen-bond donors (Lipinski definition) is 1. The molecule has 1 saturated heterocycles. The van der Waals surface area contributed by atoms with Gasteiger partial charge in [0, 0.05) is 36.3 Å². The third kappa shape index (κ3) is 4.09. The summed E-state index contributed by atoms with van der Waals surface area (Å²) in [6, 6.07) is 12.1. The molecule has 1 aliphatic rings. The Balaban J connectivity index is 1.48. The first-order chi connectivity index (χ1) is 17.5. The molecule has 1 atom stereocenters. The second-order valence-corrected chi connectivity index (χ2v) is 8.52. The summed E-state index contributed by atoms with van der Waals surface area (Å²) < 4.78 is 2.01. The van der Waals surface area contributed by atoms with Crippen LogP contribution in [0.3, 0.4) is 0 Å². The van der Waals surface area contributed by atoms with Gasteiger partial charge in [0.1, 0.15) is 11.6 Å². The molecule has 0 unspecified atom stereocenters. The first-order valence-corrected chi connectivity index (χ1v) is 11.5. The van der Waals surface area contributed by atoms with E-state index < -0.39 is 0 Å². The van der Waals surface area contributed by atoms with Gasteiger partial charge in [0.2, 0.25) is 5.91 Å². The van der Waals surface area contributed by atoms with Gasteiger partial charge < -0.3 is 10.2 Å². The summed E-state index contributed by atoms with van der Waals surface area (Å²) in [5, 5.41) is 11.8. The van der Waals surface area contributed by atoms with Crippen LogP contribution < -0.4 is 5.32 Å². The Bertz CT molecular complexity index is 1530. The van der Waals surface area contributed by atoms with Crippen LogP contribution in [-0.2, 0) is 4.79 Å². The maximum Gasteiger partial charge on any atom is 0.256 e. The number of hydrogen-bond acceptors (Lipinski definition) is 6. The van der Waals surface area contributed by atoms with Crippen molar-refractivity contribution < 1.29 is 9.59 Å². The number of aryl methyl sites for hydroxylation is 1. The highest BCUT2D eigenvalue weighted by Gasteiger charge is 2.33. The van der Waals surface area contributed by atoms with Gasteiger partial charge in [-0.15, -0.1) is 0 Å². The topological polar surface area (TPSA) is 116 Å². The summed E-state index contributed by atoms with van der Waals surface area (Å²) in [6.45, 7) is 6.23. The lowest BCUT2D eigenvalue weighted by Gasteiger charge is -2.22. The fourth-order valence-electron chi connectivity index (χ4n) is 4.61. The number of carbonyl (C=O) groups is 2. The summed E-state index contributed by atoms with van der Waals surface area (Å²) in [6.07, 6.45) is 8.14. The largest absolute Gasteiger partial charge is 0.329 e. The van der Waals surface area contributed by atoms with E-state index in [-0.39, 0.29) is 17.9 Å². The van der Waals surface area contributed by atoms with Gasteiger partial charge >= 0.3 is 0 Å². The van der Waals surface area contributed by atoms with Crippen molar-refractivity contribution in [2.24, 2.45) is 0 Å². The number of pyridine rings is 1. The number of nitriles is 1. The minimum atomic E-state index is -0.332. The van der Waals surface area contributed by atoms with E-state index in [0.29, 0.717) is 23.5 Å². The maximum atomic E-state index is 12.7. The van der Waals surface area contributed by atoms with Gasteiger partial charge in [-0.3, -0.25) is 19.0 Å². The van der Waals surface area contributed by atoms with E-state index in [1.54, 1.807) is 24.4 Å². The zero-order chi connectivity index (χ0) is 25.2. The molecule has 1 aromatic carbocycles. The van der Waals surface area contributed by atoms with Crippen molar-refractivity contribution in [2.75, 3.05) is 11.9 Å². The Morgan fingerprint density at radius 2 is 2.00 bits per heavy atom. The molecule has 1 aliphatic heterocycles. The fraction of sp³-hybridized carbons (Fsp3) is 0.185. The van der Waals surface area contributed by atoms with Crippen molar-refractivity contribution in [2.45, 2.75) is 25.8 Å². The highest BCUT2D eigenvalue weighted by Crippen LogP contribution is 2.36. The van der Waals surface area contributed by atoms with Crippen molar-refractivity contribution in [3.05, 3.63) is 90.3 Å². The average molecular weight is 478 g/mol. The second-order valence-electron chi connectivity index (χ2n) is 8.52. The molecule has 36 heavy (non-hydrogen) atoms. The van der Waals surface area contributed by atoms with Crippen LogP contribution in [0.15, 0.2) is 67.6 Å². The number of fused-ring (bicyclic) bond motifs is 1. The lowest BCUT2D eigenvalue weighted by atomic mass is 10.1. The summed E-state index contributed by atoms with van der Waals surface area (Å²) in [5.41, 5.74) is 4.11.